The third kappa shape index (κ3) is 3.61. The summed E-state index contributed by atoms with van der Waals surface area (Å²) in [5.41, 5.74) is 3.51. The van der Waals surface area contributed by atoms with Crippen LogP contribution in [-0.2, 0) is 16.6 Å². The number of rotatable bonds is 7. The van der Waals surface area contributed by atoms with E-state index in [1.807, 2.05) is 6.07 Å². The predicted octanol–water partition coefficient (Wildman–Crippen LogP) is 6.42. The van der Waals surface area contributed by atoms with Crippen LogP contribution in [0.15, 0.2) is 18.2 Å². The first-order valence-electron chi connectivity index (χ1n) is 12.6. The minimum Gasteiger partial charge on any atom is -0.426 e. The number of hydrogen-bond donors (Lipinski definition) is 0. The molecule has 3 atom stereocenters. The molecule has 2 aliphatic carbocycles. The number of nitrogens with zero attached hydrogens (tertiary/aromatic N) is 1. The van der Waals surface area contributed by atoms with Crippen molar-refractivity contribution in [2.75, 3.05) is 13.6 Å². The Bertz CT molecular complexity index is 759. The third-order valence-corrected chi connectivity index (χ3v) is 8.96. The van der Waals surface area contributed by atoms with Gasteiger partial charge in [-0.2, -0.15) is 0 Å². The summed E-state index contributed by atoms with van der Waals surface area (Å²) in [7, 11) is 2.31. The van der Waals surface area contributed by atoms with Crippen LogP contribution in [0.2, 0.25) is 0 Å². The molecule has 0 bridgehead atoms. The Hall–Kier alpha value is -1.35. The maximum Gasteiger partial charge on any atom is 0.311 e. The molecule has 3 nitrogen and oxygen atoms in total. The van der Waals surface area contributed by atoms with Gasteiger partial charge in [-0.3, -0.25) is 4.79 Å². The molecule has 166 valence electrons. The number of unbranched alkanes of at least 4 members (excludes halogenated alkanes) is 4. The number of hydrogen-bond acceptors (Lipinski definition) is 3. The molecule has 0 N–H and O–H groups in total. The van der Waals surface area contributed by atoms with E-state index in [-0.39, 0.29) is 11.4 Å². The standard InChI is InChI=1S/C27H41NO2/c1-4-5-6-7-8-14-25(29)30-24-13-11-12-23-22(24)15-18-26-16-9-10-17-27(23,26)19-20-28(3)21(26)2/h11-13,21H,4-10,14-20H2,1-3H3. The normalized spacial score (nSPS) is 30.8. The van der Waals surface area contributed by atoms with Crippen molar-refractivity contribution in [2.45, 2.75) is 109 Å². The monoisotopic (exact) mass is 411 g/mol. The molecule has 3 aliphatic rings. The highest BCUT2D eigenvalue weighted by atomic mass is 16.5. The Morgan fingerprint density at radius 2 is 1.90 bits per heavy atom. The van der Waals surface area contributed by atoms with Gasteiger partial charge in [-0.1, -0.05) is 57.6 Å². The van der Waals surface area contributed by atoms with E-state index in [2.05, 4.69) is 37.9 Å². The lowest BCUT2D eigenvalue weighted by atomic mass is 9.44. The highest BCUT2D eigenvalue weighted by Crippen LogP contribution is 2.64. The van der Waals surface area contributed by atoms with Crippen molar-refractivity contribution in [3.63, 3.8) is 0 Å². The molecular weight excluding hydrogens is 370 g/mol. The van der Waals surface area contributed by atoms with E-state index in [4.69, 9.17) is 4.74 Å². The number of likely N-dealkylation sites (tertiary alicyclic amines) is 1. The molecule has 1 saturated carbocycles. The van der Waals surface area contributed by atoms with Crippen molar-refractivity contribution in [2.24, 2.45) is 5.41 Å². The van der Waals surface area contributed by atoms with E-state index in [9.17, 15) is 4.79 Å². The third-order valence-electron chi connectivity index (χ3n) is 8.96. The lowest BCUT2D eigenvalue weighted by molar-refractivity contribution is -0.134. The molecule has 30 heavy (non-hydrogen) atoms. The average Bonchev–Trinajstić information content (AvgIpc) is 2.76. The quantitative estimate of drug-likeness (QED) is 0.294. The van der Waals surface area contributed by atoms with Gasteiger partial charge in [0.1, 0.15) is 5.75 Å². The second-order valence-corrected chi connectivity index (χ2v) is 10.3. The van der Waals surface area contributed by atoms with Gasteiger partial charge in [0.2, 0.25) is 0 Å². The second kappa shape index (κ2) is 9.02. The first kappa shape index (κ1) is 21.9. The van der Waals surface area contributed by atoms with E-state index in [1.54, 1.807) is 0 Å². The van der Waals surface area contributed by atoms with Crippen molar-refractivity contribution < 1.29 is 9.53 Å². The fraction of sp³-hybridized carbons (Fsp3) is 0.741. The molecule has 0 amide bonds. The number of piperidine rings is 1. The fourth-order valence-corrected chi connectivity index (χ4v) is 7.19. The smallest absolute Gasteiger partial charge is 0.311 e. The molecule has 3 heteroatoms. The fourth-order valence-electron chi connectivity index (χ4n) is 7.19. The molecule has 1 aromatic rings. The number of carbonyl (C=O) groups is 1. The van der Waals surface area contributed by atoms with Gasteiger partial charge in [0, 0.05) is 17.9 Å². The van der Waals surface area contributed by atoms with E-state index in [0.717, 1.165) is 25.0 Å². The Balaban J connectivity index is 1.56. The maximum absolute atomic E-state index is 12.6. The van der Waals surface area contributed by atoms with Gasteiger partial charge in [0.05, 0.1) is 0 Å². The molecule has 0 aromatic heterocycles. The predicted molar refractivity (Wildman–Crippen MR) is 123 cm³/mol. The van der Waals surface area contributed by atoms with Gasteiger partial charge >= 0.3 is 5.97 Å². The zero-order valence-electron chi connectivity index (χ0n) is 19.5. The van der Waals surface area contributed by atoms with Crippen LogP contribution in [0.5, 0.6) is 5.75 Å². The summed E-state index contributed by atoms with van der Waals surface area (Å²) < 4.78 is 5.97. The molecule has 2 fully saturated rings. The van der Waals surface area contributed by atoms with Crippen LogP contribution in [0.25, 0.3) is 0 Å². The Morgan fingerprint density at radius 1 is 1.10 bits per heavy atom. The van der Waals surface area contributed by atoms with Crippen molar-refractivity contribution in [3.8, 4) is 5.75 Å². The summed E-state index contributed by atoms with van der Waals surface area (Å²) in [4.78, 5) is 15.2. The SMILES string of the molecule is CCCCCCCC(=O)Oc1cccc2c1CCC13CCCCC21CCN(C)C3C. The van der Waals surface area contributed by atoms with Gasteiger partial charge in [0.15, 0.2) is 0 Å². The van der Waals surface area contributed by atoms with Crippen molar-refractivity contribution in [1.29, 1.82) is 0 Å². The first-order chi connectivity index (χ1) is 14.5. The molecule has 4 rings (SSSR count). The second-order valence-electron chi connectivity index (χ2n) is 10.3. The Kier molecular flexibility index (Phi) is 6.58. The van der Waals surface area contributed by atoms with Crippen LogP contribution in [0, 0.1) is 5.41 Å². The van der Waals surface area contributed by atoms with Crippen molar-refractivity contribution in [1.82, 2.24) is 4.90 Å². The van der Waals surface area contributed by atoms with Crippen LogP contribution in [0.3, 0.4) is 0 Å². The molecule has 1 aliphatic heterocycles. The van der Waals surface area contributed by atoms with Crippen molar-refractivity contribution >= 4 is 5.97 Å². The Morgan fingerprint density at radius 3 is 2.73 bits per heavy atom. The zero-order chi connectivity index (χ0) is 21.2. The van der Waals surface area contributed by atoms with E-state index in [1.165, 1.54) is 75.5 Å². The molecule has 1 heterocycles. The van der Waals surface area contributed by atoms with Crippen LogP contribution in [0.4, 0.5) is 0 Å². The Labute approximate surface area is 183 Å². The first-order valence-corrected chi connectivity index (χ1v) is 12.6. The number of fused-ring (bicyclic) bond motifs is 1. The molecule has 1 saturated heterocycles. The number of esters is 1. The summed E-state index contributed by atoms with van der Waals surface area (Å²) in [5, 5.41) is 0. The largest absolute Gasteiger partial charge is 0.426 e. The summed E-state index contributed by atoms with van der Waals surface area (Å²) >= 11 is 0. The van der Waals surface area contributed by atoms with E-state index >= 15 is 0 Å². The van der Waals surface area contributed by atoms with Gasteiger partial charge in [-0.05, 0) is 81.6 Å². The molecule has 0 radical (unpaired) electrons. The summed E-state index contributed by atoms with van der Waals surface area (Å²) in [6, 6.07) is 7.17. The molecule has 3 unspecified atom stereocenters. The topological polar surface area (TPSA) is 29.5 Å². The molecule has 0 spiro atoms. The van der Waals surface area contributed by atoms with Gasteiger partial charge < -0.3 is 9.64 Å². The van der Waals surface area contributed by atoms with Crippen LogP contribution >= 0.6 is 0 Å². The molecular formula is C27H41NO2. The highest BCUT2D eigenvalue weighted by Gasteiger charge is 2.61. The number of carbonyl (C=O) groups excluding carboxylic acids is 1. The average molecular weight is 412 g/mol. The van der Waals surface area contributed by atoms with Crippen LogP contribution < -0.4 is 4.74 Å². The molecule has 1 aromatic carbocycles. The minimum atomic E-state index is -0.0466. The van der Waals surface area contributed by atoms with Gasteiger partial charge in [-0.25, -0.2) is 0 Å². The van der Waals surface area contributed by atoms with E-state index in [0.29, 0.717) is 17.9 Å². The number of ether oxygens (including phenoxy) is 1. The van der Waals surface area contributed by atoms with Crippen molar-refractivity contribution in [3.05, 3.63) is 29.3 Å². The van der Waals surface area contributed by atoms with Crippen LogP contribution in [0.1, 0.15) is 102 Å². The van der Waals surface area contributed by atoms with Gasteiger partial charge in [0.25, 0.3) is 0 Å². The van der Waals surface area contributed by atoms with Crippen LogP contribution in [-0.4, -0.2) is 30.5 Å². The summed E-state index contributed by atoms with van der Waals surface area (Å²) in [6.07, 6.45) is 15.2. The van der Waals surface area contributed by atoms with Gasteiger partial charge in [-0.15, -0.1) is 0 Å². The summed E-state index contributed by atoms with van der Waals surface area (Å²) in [5.74, 6) is 0.806. The maximum atomic E-state index is 12.6. The lowest BCUT2D eigenvalue weighted by Crippen LogP contribution is -2.64. The zero-order valence-corrected chi connectivity index (χ0v) is 19.5. The number of benzene rings is 1. The minimum absolute atomic E-state index is 0.0466. The van der Waals surface area contributed by atoms with E-state index < -0.39 is 0 Å². The summed E-state index contributed by atoms with van der Waals surface area (Å²) in [6.45, 7) is 5.86. The highest BCUT2D eigenvalue weighted by molar-refractivity contribution is 5.73. The lowest BCUT2D eigenvalue weighted by Gasteiger charge is -2.65.